The van der Waals surface area contributed by atoms with E-state index < -0.39 is 15.7 Å². The first kappa shape index (κ1) is 21.6. The molecule has 0 aliphatic carbocycles. The van der Waals surface area contributed by atoms with Crippen LogP contribution in [-0.2, 0) is 21.2 Å². The Morgan fingerprint density at radius 1 is 1.06 bits per heavy atom. The molecule has 0 atom stereocenters. The number of fused-ring (bicyclic) bond motifs is 1. The van der Waals surface area contributed by atoms with Crippen LogP contribution >= 0.6 is 0 Å². The van der Waals surface area contributed by atoms with Gasteiger partial charge in [0.2, 0.25) is 15.7 Å². The second kappa shape index (κ2) is 8.47. The molecule has 0 radical (unpaired) electrons. The summed E-state index contributed by atoms with van der Waals surface area (Å²) in [6.45, 7) is 1.80. The second-order valence-electron chi connectivity index (χ2n) is 7.35. The van der Waals surface area contributed by atoms with Crippen molar-refractivity contribution in [1.29, 1.82) is 0 Å². The molecule has 1 aromatic heterocycles. The Balaban J connectivity index is 1.70. The largest absolute Gasteiger partial charge is 0.495 e. The molecular formula is C24H21FN2O4S. The van der Waals surface area contributed by atoms with Gasteiger partial charge in [0.25, 0.3) is 0 Å². The van der Waals surface area contributed by atoms with E-state index in [1.54, 1.807) is 41.0 Å². The summed E-state index contributed by atoms with van der Waals surface area (Å²) in [5, 5.41) is 3.31. The predicted molar refractivity (Wildman–Crippen MR) is 120 cm³/mol. The molecule has 32 heavy (non-hydrogen) atoms. The molecule has 0 fully saturated rings. The van der Waals surface area contributed by atoms with E-state index in [9.17, 15) is 17.6 Å². The number of para-hydroxylation sites is 1. The van der Waals surface area contributed by atoms with Gasteiger partial charge in [-0.25, -0.2) is 12.8 Å². The van der Waals surface area contributed by atoms with Crippen LogP contribution in [0, 0.1) is 12.7 Å². The number of ether oxygens (including phenoxy) is 1. The van der Waals surface area contributed by atoms with E-state index in [0.29, 0.717) is 22.3 Å². The van der Waals surface area contributed by atoms with Crippen molar-refractivity contribution in [3.63, 3.8) is 0 Å². The molecule has 0 spiro atoms. The standard InChI is InChI=1S/C24H21FN2O4S/c1-16-7-12-22(31-2)20(13-16)26-24(28)15-27-14-23(19-5-3-4-6-21(19)27)32(29,30)18-10-8-17(25)9-11-18/h3-14H,15H2,1-2H3,(H,26,28). The van der Waals surface area contributed by atoms with E-state index in [1.807, 2.05) is 13.0 Å². The topological polar surface area (TPSA) is 77.4 Å². The maximum atomic E-state index is 13.3. The summed E-state index contributed by atoms with van der Waals surface area (Å²) in [5.74, 6) is -0.323. The van der Waals surface area contributed by atoms with E-state index in [4.69, 9.17) is 4.74 Å². The summed E-state index contributed by atoms with van der Waals surface area (Å²) in [6.07, 6.45) is 1.44. The van der Waals surface area contributed by atoms with Crippen molar-refractivity contribution in [3.05, 3.63) is 84.3 Å². The maximum absolute atomic E-state index is 13.3. The summed E-state index contributed by atoms with van der Waals surface area (Å²) in [5.41, 5.74) is 2.09. The Bertz CT molecular complexity index is 1410. The Labute approximate surface area is 185 Å². The third kappa shape index (κ3) is 4.09. The molecule has 0 bridgehead atoms. The number of aromatic nitrogens is 1. The fourth-order valence-electron chi connectivity index (χ4n) is 3.56. The number of carbonyl (C=O) groups is 1. The zero-order valence-corrected chi connectivity index (χ0v) is 18.3. The zero-order chi connectivity index (χ0) is 22.9. The van der Waals surface area contributed by atoms with E-state index in [1.165, 1.54) is 25.4 Å². The number of benzene rings is 3. The third-order valence-corrected chi connectivity index (χ3v) is 6.91. The minimum absolute atomic E-state index is 0.0178. The van der Waals surface area contributed by atoms with Crippen molar-refractivity contribution in [2.24, 2.45) is 0 Å². The number of carbonyl (C=O) groups excluding carboxylic acids is 1. The van der Waals surface area contributed by atoms with Crippen LogP contribution in [0.2, 0.25) is 0 Å². The van der Waals surface area contributed by atoms with Crippen molar-refractivity contribution >= 4 is 32.3 Å². The minimum Gasteiger partial charge on any atom is -0.495 e. The lowest BCUT2D eigenvalue weighted by Gasteiger charge is -2.12. The summed E-state index contributed by atoms with van der Waals surface area (Å²) in [6, 6.07) is 17.1. The summed E-state index contributed by atoms with van der Waals surface area (Å²) in [4.78, 5) is 12.8. The van der Waals surface area contributed by atoms with Crippen molar-refractivity contribution in [1.82, 2.24) is 4.57 Å². The van der Waals surface area contributed by atoms with Gasteiger partial charge >= 0.3 is 0 Å². The second-order valence-corrected chi connectivity index (χ2v) is 9.27. The summed E-state index contributed by atoms with van der Waals surface area (Å²) >= 11 is 0. The van der Waals surface area contributed by atoms with E-state index in [-0.39, 0.29) is 22.2 Å². The molecule has 1 heterocycles. The molecule has 0 unspecified atom stereocenters. The van der Waals surface area contributed by atoms with Crippen LogP contribution in [0.15, 0.2) is 82.7 Å². The number of hydrogen-bond donors (Lipinski definition) is 1. The van der Waals surface area contributed by atoms with Gasteiger partial charge in [0.05, 0.1) is 22.6 Å². The lowest BCUT2D eigenvalue weighted by molar-refractivity contribution is -0.116. The molecule has 6 nitrogen and oxygen atoms in total. The number of hydrogen-bond acceptors (Lipinski definition) is 4. The highest BCUT2D eigenvalue weighted by Crippen LogP contribution is 2.31. The molecule has 8 heteroatoms. The van der Waals surface area contributed by atoms with Gasteiger partial charge in [-0.05, 0) is 55.0 Å². The molecule has 0 aliphatic heterocycles. The highest BCUT2D eigenvalue weighted by molar-refractivity contribution is 7.91. The van der Waals surface area contributed by atoms with E-state index in [0.717, 1.165) is 17.7 Å². The molecule has 3 aromatic carbocycles. The molecule has 4 aromatic rings. The Kier molecular flexibility index (Phi) is 5.71. The van der Waals surface area contributed by atoms with Crippen LogP contribution in [0.1, 0.15) is 5.56 Å². The number of amides is 1. The molecule has 1 amide bonds. The SMILES string of the molecule is COc1ccc(C)cc1NC(=O)Cn1cc(S(=O)(=O)c2ccc(F)cc2)c2ccccc21. The first-order chi connectivity index (χ1) is 15.3. The monoisotopic (exact) mass is 452 g/mol. The van der Waals surface area contributed by atoms with Gasteiger partial charge in [-0.3, -0.25) is 4.79 Å². The number of sulfone groups is 1. The Morgan fingerprint density at radius 3 is 2.50 bits per heavy atom. The molecule has 0 saturated heterocycles. The maximum Gasteiger partial charge on any atom is 0.244 e. The van der Waals surface area contributed by atoms with Gasteiger partial charge in [0, 0.05) is 17.1 Å². The molecule has 0 saturated carbocycles. The number of halogens is 1. The number of anilines is 1. The van der Waals surface area contributed by atoms with Crippen molar-refractivity contribution in [2.45, 2.75) is 23.3 Å². The number of aryl methyl sites for hydroxylation is 1. The van der Waals surface area contributed by atoms with E-state index >= 15 is 0 Å². The quantitative estimate of drug-likeness (QED) is 0.435. The molecule has 1 N–H and O–H groups in total. The van der Waals surface area contributed by atoms with Crippen LogP contribution in [0.5, 0.6) is 5.75 Å². The number of nitrogens with zero attached hydrogens (tertiary/aromatic N) is 1. The molecular weight excluding hydrogens is 431 g/mol. The first-order valence-electron chi connectivity index (χ1n) is 9.82. The zero-order valence-electron chi connectivity index (χ0n) is 17.5. The lowest BCUT2D eigenvalue weighted by Crippen LogP contribution is -2.18. The van der Waals surface area contributed by atoms with Crippen molar-refractivity contribution in [3.8, 4) is 5.75 Å². The highest BCUT2D eigenvalue weighted by Gasteiger charge is 2.24. The van der Waals surface area contributed by atoms with Gasteiger partial charge in [0.15, 0.2) is 0 Å². The molecule has 4 rings (SSSR count). The van der Waals surface area contributed by atoms with Crippen molar-refractivity contribution in [2.75, 3.05) is 12.4 Å². The van der Waals surface area contributed by atoms with Crippen LogP contribution in [0.4, 0.5) is 10.1 Å². The summed E-state index contributed by atoms with van der Waals surface area (Å²) < 4.78 is 46.6. The number of nitrogens with one attached hydrogen (secondary N) is 1. The van der Waals surface area contributed by atoms with Gasteiger partial charge in [-0.15, -0.1) is 0 Å². The Morgan fingerprint density at radius 2 is 1.78 bits per heavy atom. The van der Waals surface area contributed by atoms with Gasteiger partial charge in [0.1, 0.15) is 18.1 Å². The van der Waals surface area contributed by atoms with Gasteiger partial charge < -0.3 is 14.6 Å². The Hall–Kier alpha value is -3.65. The summed E-state index contributed by atoms with van der Waals surface area (Å²) in [7, 11) is -2.39. The fourth-order valence-corrected chi connectivity index (χ4v) is 5.04. The van der Waals surface area contributed by atoms with Crippen LogP contribution in [0.25, 0.3) is 10.9 Å². The number of rotatable bonds is 6. The normalized spacial score (nSPS) is 11.5. The third-order valence-electron chi connectivity index (χ3n) is 5.11. The lowest BCUT2D eigenvalue weighted by atomic mass is 10.2. The molecule has 164 valence electrons. The van der Waals surface area contributed by atoms with Crippen LogP contribution < -0.4 is 10.1 Å². The fraction of sp³-hybridized carbons (Fsp3) is 0.125. The smallest absolute Gasteiger partial charge is 0.244 e. The van der Waals surface area contributed by atoms with Crippen LogP contribution in [0.3, 0.4) is 0 Å². The van der Waals surface area contributed by atoms with E-state index in [2.05, 4.69) is 5.32 Å². The average molecular weight is 453 g/mol. The highest BCUT2D eigenvalue weighted by atomic mass is 32.2. The van der Waals surface area contributed by atoms with Crippen molar-refractivity contribution < 1.29 is 22.3 Å². The minimum atomic E-state index is -3.91. The average Bonchev–Trinajstić information content (AvgIpc) is 3.13. The predicted octanol–water partition coefficient (Wildman–Crippen LogP) is 4.57. The van der Waals surface area contributed by atoms with Gasteiger partial charge in [-0.2, -0.15) is 0 Å². The first-order valence-corrected chi connectivity index (χ1v) is 11.3. The number of methoxy groups -OCH3 is 1. The molecule has 0 aliphatic rings. The van der Waals surface area contributed by atoms with Crippen LogP contribution in [-0.4, -0.2) is 26.0 Å². The van der Waals surface area contributed by atoms with Gasteiger partial charge in [-0.1, -0.05) is 24.3 Å².